The average Bonchev–Trinajstić information content (AvgIpc) is 3.42. The van der Waals surface area contributed by atoms with E-state index in [1.807, 2.05) is 54.6 Å². The highest BCUT2D eigenvalue weighted by atomic mass is 16.2. The molecule has 0 aromatic heterocycles. The van der Waals surface area contributed by atoms with Gasteiger partial charge in [0.15, 0.2) is 0 Å². The van der Waals surface area contributed by atoms with Gasteiger partial charge in [-0.2, -0.15) is 0 Å². The summed E-state index contributed by atoms with van der Waals surface area (Å²) >= 11 is 0. The Morgan fingerprint density at radius 1 is 0.923 bits per heavy atom. The molecule has 0 saturated heterocycles. The van der Waals surface area contributed by atoms with Gasteiger partial charge in [0, 0.05) is 12.2 Å². The molecule has 1 aliphatic rings. The molecule has 2 aromatic rings. The fraction of sp³-hybridized carbons (Fsp3) is 0.364. The molecule has 3 rings (SSSR count). The summed E-state index contributed by atoms with van der Waals surface area (Å²) in [5.74, 6) is -0.406. The van der Waals surface area contributed by atoms with E-state index in [2.05, 4.69) is 31.4 Å². The molecule has 1 fully saturated rings. The van der Waals surface area contributed by atoms with E-state index < -0.39 is 5.41 Å². The summed E-state index contributed by atoms with van der Waals surface area (Å²) in [4.78, 5) is 25.2. The van der Waals surface area contributed by atoms with Crippen molar-refractivity contribution in [3.8, 4) is 0 Å². The minimum absolute atomic E-state index is 0.0670. The predicted molar refractivity (Wildman–Crippen MR) is 104 cm³/mol. The van der Waals surface area contributed by atoms with E-state index in [-0.39, 0.29) is 17.2 Å². The number of carbonyl (C=O) groups is 2. The fourth-order valence-electron chi connectivity index (χ4n) is 2.93. The van der Waals surface area contributed by atoms with Crippen molar-refractivity contribution in [2.45, 2.75) is 45.6 Å². The maximum absolute atomic E-state index is 12.7. The maximum Gasteiger partial charge on any atom is 0.240 e. The molecule has 0 unspecified atom stereocenters. The second-order valence-corrected chi connectivity index (χ2v) is 8.03. The highest BCUT2D eigenvalue weighted by molar-refractivity contribution is 6.13. The van der Waals surface area contributed by atoms with Gasteiger partial charge in [0.2, 0.25) is 11.8 Å². The van der Waals surface area contributed by atoms with Gasteiger partial charge in [0.1, 0.15) is 5.41 Å². The largest absolute Gasteiger partial charge is 0.351 e. The van der Waals surface area contributed by atoms with Crippen molar-refractivity contribution in [1.82, 2.24) is 5.32 Å². The van der Waals surface area contributed by atoms with Gasteiger partial charge in [0.05, 0.1) is 0 Å². The van der Waals surface area contributed by atoms with Crippen molar-refractivity contribution in [3.63, 3.8) is 0 Å². The average molecular weight is 350 g/mol. The van der Waals surface area contributed by atoms with E-state index in [9.17, 15) is 9.59 Å². The van der Waals surface area contributed by atoms with Gasteiger partial charge < -0.3 is 10.6 Å². The van der Waals surface area contributed by atoms with Crippen molar-refractivity contribution < 1.29 is 9.59 Å². The third kappa shape index (κ3) is 3.96. The number of hydrogen-bond donors (Lipinski definition) is 2. The van der Waals surface area contributed by atoms with Crippen LogP contribution in [0.15, 0.2) is 54.6 Å². The van der Waals surface area contributed by atoms with Crippen LogP contribution in [0.1, 0.15) is 44.7 Å². The molecule has 0 spiro atoms. The van der Waals surface area contributed by atoms with Crippen LogP contribution in [0.3, 0.4) is 0 Å². The van der Waals surface area contributed by atoms with Crippen molar-refractivity contribution in [2.24, 2.45) is 5.41 Å². The number of anilines is 1. The lowest BCUT2D eigenvalue weighted by molar-refractivity contribution is -0.134. The Bertz CT molecular complexity index is 785. The molecule has 1 aliphatic carbocycles. The van der Waals surface area contributed by atoms with Crippen LogP contribution in [0.4, 0.5) is 5.69 Å². The topological polar surface area (TPSA) is 58.2 Å². The second kappa shape index (κ2) is 6.94. The summed E-state index contributed by atoms with van der Waals surface area (Å²) in [6.07, 6.45) is 1.19. The lowest BCUT2D eigenvalue weighted by Crippen LogP contribution is -2.39. The first-order chi connectivity index (χ1) is 12.3. The lowest BCUT2D eigenvalue weighted by atomic mass is 9.87. The van der Waals surface area contributed by atoms with Crippen LogP contribution >= 0.6 is 0 Å². The molecular weight excluding hydrogens is 324 g/mol. The third-order valence-electron chi connectivity index (χ3n) is 4.92. The SMILES string of the molecule is CC(C)(C)c1ccc(NC(=O)C2(C(=O)NCc3ccccc3)CC2)cc1. The highest BCUT2D eigenvalue weighted by Crippen LogP contribution is 2.47. The standard InChI is InChI=1S/C22H26N2O2/c1-21(2,3)17-9-11-18(12-10-17)24-20(26)22(13-14-22)19(25)23-15-16-7-5-4-6-8-16/h4-12H,13-15H2,1-3H3,(H,23,25)(H,24,26). The minimum Gasteiger partial charge on any atom is -0.351 e. The van der Waals surface area contributed by atoms with E-state index in [4.69, 9.17) is 0 Å². The first-order valence-corrected chi connectivity index (χ1v) is 9.05. The molecule has 0 heterocycles. The normalized spacial score (nSPS) is 15.2. The van der Waals surface area contributed by atoms with E-state index in [0.29, 0.717) is 19.4 Å². The number of benzene rings is 2. The highest BCUT2D eigenvalue weighted by Gasteiger charge is 2.56. The molecule has 4 heteroatoms. The zero-order chi connectivity index (χ0) is 18.8. The van der Waals surface area contributed by atoms with Crippen molar-refractivity contribution in [3.05, 3.63) is 65.7 Å². The molecule has 0 aliphatic heterocycles. The Morgan fingerprint density at radius 3 is 2.08 bits per heavy atom. The molecule has 4 nitrogen and oxygen atoms in total. The number of carbonyl (C=O) groups excluding carboxylic acids is 2. The van der Waals surface area contributed by atoms with Crippen LogP contribution in [0.2, 0.25) is 0 Å². The molecule has 0 bridgehead atoms. The molecule has 2 amide bonds. The van der Waals surface area contributed by atoms with E-state index in [1.165, 1.54) is 5.56 Å². The van der Waals surface area contributed by atoms with Gasteiger partial charge >= 0.3 is 0 Å². The third-order valence-corrected chi connectivity index (χ3v) is 4.92. The lowest BCUT2D eigenvalue weighted by Gasteiger charge is -2.20. The molecule has 0 atom stereocenters. The number of rotatable bonds is 5. The van der Waals surface area contributed by atoms with Crippen LogP contribution in [0.5, 0.6) is 0 Å². The van der Waals surface area contributed by atoms with Gasteiger partial charge in [0.25, 0.3) is 0 Å². The van der Waals surface area contributed by atoms with E-state index in [1.54, 1.807) is 0 Å². The molecule has 2 aromatic carbocycles. The van der Waals surface area contributed by atoms with Crippen LogP contribution in [0, 0.1) is 5.41 Å². The quantitative estimate of drug-likeness (QED) is 0.800. The van der Waals surface area contributed by atoms with Crippen LogP contribution in [-0.4, -0.2) is 11.8 Å². The predicted octanol–water partition coefficient (Wildman–Crippen LogP) is 4.02. The molecule has 26 heavy (non-hydrogen) atoms. The zero-order valence-corrected chi connectivity index (χ0v) is 15.6. The Hall–Kier alpha value is -2.62. The summed E-state index contributed by atoms with van der Waals surface area (Å²) in [7, 11) is 0. The van der Waals surface area contributed by atoms with E-state index in [0.717, 1.165) is 11.3 Å². The van der Waals surface area contributed by atoms with Crippen LogP contribution in [-0.2, 0) is 21.5 Å². The Balaban J connectivity index is 1.61. The maximum atomic E-state index is 12.7. The summed E-state index contributed by atoms with van der Waals surface area (Å²) in [5, 5.41) is 5.80. The van der Waals surface area contributed by atoms with Crippen LogP contribution in [0.25, 0.3) is 0 Å². The summed E-state index contributed by atoms with van der Waals surface area (Å²) < 4.78 is 0. The number of nitrogens with one attached hydrogen (secondary N) is 2. The molecule has 136 valence electrons. The van der Waals surface area contributed by atoms with Gasteiger partial charge in [-0.3, -0.25) is 9.59 Å². The monoisotopic (exact) mass is 350 g/mol. The molecule has 1 saturated carbocycles. The summed E-state index contributed by atoms with van der Waals surface area (Å²) in [6, 6.07) is 17.5. The Kier molecular flexibility index (Phi) is 4.86. The van der Waals surface area contributed by atoms with Crippen molar-refractivity contribution in [2.75, 3.05) is 5.32 Å². The van der Waals surface area contributed by atoms with Gasteiger partial charge in [-0.05, 0) is 41.5 Å². The van der Waals surface area contributed by atoms with Gasteiger partial charge in [-0.15, -0.1) is 0 Å². The molecule has 0 radical (unpaired) electrons. The number of hydrogen-bond acceptors (Lipinski definition) is 2. The molecular formula is C22H26N2O2. The molecule has 2 N–H and O–H groups in total. The second-order valence-electron chi connectivity index (χ2n) is 8.03. The number of amides is 2. The van der Waals surface area contributed by atoms with Crippen LogP contribution < -0.4 is 10.6 Å². The zero-order valence-electron chi connectivity index (χ0n) is 15.6. The van der Waals surface area contributed by atoms with Gasteiger partial charge in [-0.1, -0.05) is 63.2 Å². The first kappa shape index (κ1) is 18.2. The van der Waals surface area contributed by atoms with Crippen molar-refractivity contribution in [1.29, 1.82) is 0 Å². The van der Waals surface area contributed by atoms with E-state index >= 15 is 0 Å². The summed E-state index contributed by atoms with van der Waals surface area (Å²) in [6.45, 7) is 6.89. The smallest absolute Gasteiger partial charge is 0.240 e. The first-order valence-electron chi connectivity index (χ1n) is 9.05. The summed E-state index contributed by atoms with van der Waals surface area (Å²) in [5.41, 5.74) is 2.10. The Morgan fingerprint density at radius 2 is 1.54 bits per heavy atom. The Labute approximate surface area is 155 Å². The van der Waals surface area contributed by atoms with Gasteiger partial charge in [-0.25, -0.2) is 0 Å². The van der Waals surface area contributed by atoms with Crippen molar-refractivity contribution >= 4 is 17.5 Å². The fourth-order valence-corrected chi connectivity index (χ4v) is 2.93. The minimum atomic E-state index is -0.919.